The Bertz CT molecular complexity index is 1080. The molecule has 0 aliphatic carbocycles. The number of aryl methyl sites for hydroxylation is 2. The Morgan fingerprint density at radius 1 is 0.844 bits per heavy atom. The van der Waals surface area contributed by atoms with Gasteiger partial charge >= 0.3 is 0 Å². The number of hydrogen-bond acceptors (Lipinski definition) is 7. The van der Waals surface area contributed by atoms with Crippen LogP contribution in [0.5, 0.6) is 17.2 Å². The minimum Gasteiger partial charge on any atom is -0.493 e. The SMILES string of the molecule is COc1cc(/C=C/C(=O)Nc2ccc(Nc3nc(C)cc(C)n3)cc2)cc(OC)c1OC. The average Bonchev–Trinajstić information content (AvgIpc) is 2.77. The predicted octanol–water partition coefficient (Wildman–Crippen LogP) is 4.51. The van der Waals surface area contributed by atoms with Crippen LogP contribution in [0.2, 0.25) is 0 Å². The smallest absolute Gasteiger partial charge is 0.248 e. The van der Waals surface area contributed by atoms with Gasteiger partial charge in [0.25, 0.3) is 0 Å². The first-order chi connectivity index (χ1) is 15.4. The van der Waals surface area contributed by atoms with Gasteiger partial charge in [0.2, 0.25) is 17.6 Å². The second-order valence-electron chi connectivity index (χ2n) is 6.96. The number of benzene rings is 2. The van der Waals surface area contributed by atoms with Crippen LogP contribution in [0.3, 0.4) is 0 Å². The summed E-state index contributed by atoms with van der Waals surface area (Å²) in [6, 6.07) is 12.7. The van der Waals surface area contributed by atoms with Crippen LogP contribution in [0, 0.1) is 13.8 Å². The topological polar surface area (TPSA) is 94.6 Å². The van der Waals surface area contributed by atoms with Crippen molar-refractivity contribution in [2.24, 2.45) is 0 Å². The molecule has 0 saturated carbocycles. The first-order valence-corrected chi connectivity index (χ1v) is 9.90. The summed E-state index contributed by atoms with van der Waals surface area (Å²) in [5.74, 6) is 1.80. The molecule has 0 fully saturated rings. The number of rotatable bonds is 8. The van der Waals surface area contributed by atoms with Crippen LogP contribution >= 0.6 is 0 Å². The van der Waals surface area contributed by atoms with Crippen molar-refractivity contribution < 1.29 is 19.0 Å². The van der Waals surface area contributed by atoms with E-state index >= 15 is 0 Å². The highest BCUT2D eigenvalue weighted by Crippen LogP contribution is 2.38. The minimum absolute atomic E-state index is 0.267. The molecule has 0 aliphatic rings. The zero-order valence-electron chi connectivity index (χ0n) is 18.7. The fourth-order valence-electron chi connectivity index (χ4n) is 3.10. The van der Waals surface area contributed by atoms with Gasteiger partial charge in [0, 0.05) is 28.8 Å². The molecule has 0 spiro atoms. The van der Waals surface area contributed by atoms with E-state index in [4.69, 9.17) is 14.2 Å². The van der Waals surface area contributed by atoms with Crippen molar-refractivity contribution in [3.8, 4) is 17.2 Å². The van der Waals surface area contributed by atoms with Gasteiger partial charge in [-0.05, 0) is 68.0 Å². The summed E-state index contributed by atoms with van der Waals surface area (Å²) >= 11 is 0. The molecule has 0 saturated heterocycles. The number of anilines is 3. The quantitative estimate of drug-likeness (QED) is 0.504. The molecule has 1 heterocycles. The summed E-state index contributed by atoms with van der Waals surface area (Å²) in [5.41, 5.74) is 4.01. The number of ether oxygens (including phenoxy) is 3. The van der Waals surface area contributed by atoms with Gasteiger partial charge in [-0.1, -0.05) is 0 Å². The Hall–Kier alpha value is -4.07. The van der Waals surface area contributed by atoms with Crippen LogP contribution in [0.15, 0.2) is 48.5 Å². The largest absolute Gasteiger partial charge is 0.493 e. The molecule has 3 rings (SSSR count). The van der Waals surface area contributed by atoms with Crippen LogP contribution in [-0.2, 0) is 4.79 Å². The molecule has 8 nitrogen and oxygen atoms in total. The number of hydrogen-bond donors (Lipinski definition) is 2. The summed E-state index contributed by atoms with van der Waals surface area (Å²) in [5, 5.41) is 5.99. The van der Waals surface area contributed by atoms with Crippen molar-refractivity contribution in [2.45, 2.75) is 13.8 Å². The number of aromatic nitrogens is 2. The maximum absolute atomic E-state index is 12.3. The van der Waals surface area contributed by atoms with E-state index in [-0.39, 0.29) is 5.91 Å². The molecule has 3 aromatic rings. The van der Waals surface area contributed by atoms with E-state index in [1.807, 2.05) is 32.0 Å². The summed E-state index contributed by atoms with van der Waals surface area (Å²) in [6.07, 6.45) is 3.11. The van der Waals surface area contributed by atoms with Gasteiger partial charge in [-0.25, -0.2) is 9.97 Å². The minimum atomic E-state index is -0.267. The zero-order chi connectivity index (χ0) is 23.1. The fraction of sp³-hybridized carbons (Fsp3) is 0.208. The Morgan fingerprint density at radius 2 is 1.41 bits per heavy atom. The van der Waals surface area contributed by atoms with Crippen LogP contribution in [0.25, 0.3) is 6.08 Å². The number of carbonyl (C=O) groups is 1. The van der Waals surface area contributed by atoms with Crippen molar-refractivity contribution in [1.82, 2.24) is 9.97 Å². The second-order valence-corrected chi connectivity index (χ2v) is 6.96. The molecule has 0 bridgehead atoms. The summed E-state index contributed by atoms with van der Waals surface area (Å²) in [7, 11) is 4.63. The van der Waals surface area contributed by atoms with Crippen molar-refractivity contribution >= 4 is 29.3 Å². The molecular weight excluding hydrogens is 408 g/mol. The van der Waals surface area contributed by atoms with Gasteiger partial charge in [0.15, 0.2) is 11.5 Å². The summed E-state index contributed by atoms with van der Waals surface area (Å²) < 4.78 is 16.0. The second kappa shape index (κ2) is 10.3. The van der Waals surface area contributed by atoms with Gasteiger partial charge in [0.05, 0.1) is 21.3 Å². The number of nitrogens with zero attached hydrogens (tertiary/aromatic N) is 2. The predicted molar refractivity (Wildman–Crippen MR) is 125 cm³/mol. The van der Waals surface area contributed by atoms with Gasteiger partial charge in [-0.3, -0.25) is 4.79 Å². The number of carbonyl (C=O) groups excluding carboxylic acids is 1. The fourth-order valence-corrected chi connectivity index (χ4v) is 3.10. The van der Waals surface area contributed by atoms with Gasteiger partial charge < -0.3 is 24.8 Å². The lowest BCUT2D eigenvalue weighted by atomic mass is 10.1. The lowest BCUT2D eigenvalue weighted by Gasteiger charge is -2.12. The Kier molecular flexibility index (Phi) is 7.28. The van der Waals surface area contributed by atoms with E-state index in [1.54, 1.807) is 51.7 Å². The van der Waals surface area contributed by atoms with E-state index in [9.17, 15) is 4.79 Å². The van der Waals surface area contributed by atoms with E-state index in [2.05, 4.69) is 20.6 Å². The van der Waals surface area contributed by atoms with E-state index in [0.717, 1.165) is 22.6 Å². The van der Waals surface area contributed by atoms with Crippen LogP contribution in [0.1, 0.15) is 17.0 Å². The first-order valence-electron chi connectivity index (χ1n) is 9.90. The van der Waals surface area contributed by atoms with Gasteiger partial charge in [-0.2, -0.15) is 0 Å². The van der Waals surface area contributed by atoms with E-state index in [1.165, 1.54) is 6.08 Å². The van der Waals surface area contributed by atoms with Crippen LogP contribution < -0.4 is 24.8 Å². The van der Waals surface area contributed by atoms with E-state index < -0.39 is 0 Å². The molecular formula is C24H26N4O4. The van der Waals surface area contributed by atoms with Crippen molar-refractivity contribution in [3.63, 3.8) is 0 Å². The monoisotopic (exact) mass is 434 g/mol. The third kappa shape index (κ3) is 5.75. The molecule has 2 N–H and O–H groups in total. The number of methoxy groups -OCH3 is 3. The highest BCUT2D eigenvalue weighted by molar-refractivity contribution is 6.02. The molecule has 2 aromatic carbocycles. The summed E-state index contributed by atoms with van der Waals surface area (Å²) in [6.45, 7) is 3.84. The number of amides is 1. The lowest BCUT2D eigenvalue weighted by Crippen LogP contribution is -2.07. The molecule has 32 heavy (non-hydrogen) atoms. The molecule has 8 heteroatoms. The molecule has 166 valence electrons. The highest BCUT2D eigenvalue weighted by atomic mass is 16.5. The zero-order valence-corrected chi connectivity index (χ0v) is 18.7. The van der Waals surface area contributed by atoms with Crippen LogP contribution in [-0.4, -0.2) is 37.2 Å². The third-order valence-electron chi connectivity index (χ3n) is 4.51. The normalized spacial score (nSPS) is 10.7. The average molecular weight is 434 g/mol. The maximum Gasteiger partial charge on any atom is 0.248 e. The summed E-state index contributed by atoms with van der Waals surface area (Å²) in [4.78, 5) is 21.1. The Balaban J connectivity index is 1.65. The molecule has 0 atom stereocenters. The van der Waals surface area contributed by atoms with E-state index in [0.29, 0.717) is 28.9 Å². The Morgan fingerprint density at radius 3 is 1.94 bits per heavy atom. The maximum atomic E-state index is 12.3. The van der Waals surface area contributed by atoms with Gasteiger partial charge in [0.1, 0.15) is 0 Å². The molecule has 1 amide bonds. The lowest BCUT2D eigenvalue weighted by molar-refractivity contribution is -0.111. The molecule has 0 aliphatic heterocycles. The Labute approximate surface area is 187 Å². The van der Waals surface area contributed by atoms with Crippen LogP contribution in [0.4, 0.5) is 17.3 Å². The van der Waals surface area contributed by atoms with Crippen molar-refractivity contribution in [1.29, 1.82) is 0 Å². The molecule has 0 radical (unpaired) electrons. The standard InChI is InChI=1S/C24H26N4O4/c1-15-12-16(2)26-24(25-15)28-19-9-7-18(8-10-19)27-22(29)11-6-17-13-20(30-3)23(32-5)21(14-17)31-4/h6-14H,1-5H3,(H,27,29)(H,25,26,28)/b11-6+. The number of nitrogens with one attached hydrogen (secondary N) is 2. The third-order valence-corrected chi connectivity index (χ3v) is 4.51. The van der Waals surface area contributed by atoms with Crippen molar-refractivity contribution in [3.05, 3.63) is 65.5 Å². The molecule has 0 unspecified atom stereocenters. The highest BCUT2D eigenvalue weighted by Gasteiger charge is 2.12. The van der Waals surface area contributed by atoms with Crippen molar-refractivity contribution in [2.75, 3.05) is 32.0 Å². The van der Waals surface area contributed by atoms with Gasteiger partial charge in [-0.15, -0.1) is 0 Å². The molecule has 1 aromatic heterocycles. The first kappa shape index (κ1) is 22.6.